The molecule has 2 saturated carbocycles. The molecule has 2 aliphatic carbocycles. The molecule has 2 heterocycles. The first kappa shape index (κ1) is 11.7. The number of aromatic amines is 1. The summed E-state index contributed by atoms with van der Waals surface area (Å²) < 4.78 is 1.81. The molecule has 1 unspecified atom stereocenters. The van der Waals surface area contributed by atoms with Crippen LogP contribution in [0.3, 0.4) is 0 Å². The van der Waals surface area contributed by atoms with E-state index in [1.807, 2.05) is 10.8 Å². The van der Waals surface area contributed by atoms with Gasteiger partial charge in [0, 0.05) is 18.7 Å². The van der Waals surface area contributed by atoms with Gasteiger partial charge in [-0.25, -0.2) is 4.98 Å². The molecule has 4 N–H and O–H groups in total. The fraction of sp³-hybridized carbons (Fsp3) is 0.462. The standard InChI is InChI=1S/C13H16N6O/c14-13-18-11-10(15-6-16-11)12(17-9-1-2-9)19(13)4-7-3-8(7)5-20/h4,6,8-9,20H,1-3,5H2,(H2,14,18)(H,15,16)/b7-4+,17-12?. The number of fused-ring (bicyclic) bond motifs is 1. The van der Waals surface area contributed by atoms with Crippen molar-refractivity contribution in [2.24, 2.45) is 10.9 Å². The number of nitrogens with zero attached hydrogens (tertiary/aromatic N) is 4. The van der Waals surface area contributed by atoms with Crippen molar-refractivity contribution in [1.82, 2.24) is 19.5 Å². The second kappa shape index (κ2) is 4.17. The molecular formula is C13H16N6O. The summed E-state index contributed by atoms with van der Waals surface area (Å²) in [4.78, 5) is 16.3. The van der Waals surface area contributed by atoms with Crippen molar-refractivity contribution < 1.29 is 5.11 Å². The normalized spacial score (nSPS) is 24.8. The Hall–Kier alpha value is -2.15. The van der Waals surface area contributed by atoms with Crippen molar-refractivity contribution in [3.63, 3.8) is 0 Å². The highest BCUT2D eigenvalue weighted by Gasteiger charge is 2.29. The lowest BCUT2D eigenvalue weighted by atomic mass is 10.4. The first-order chi connectivity index (χ1) is 9.76. The van der Waals surface area contributed by atoms with Gasteiger partial charge in [-0.15, -0.1) is 0 Å². The van der Waals surface area contributed by atoms with E-state index in [-0.39, 0.29) is 12.5 Å². The number of anilines is 1. The highest BCUT2D eigenvalue weighted by Crippen LogP contribution is 2.37. The van der Waals surface area contributed by atoms with Crippen molar-refractivity contribution in [3.05, 3.63) is 17.4 Å². The quantitative estimate of drug-likeness (QED) is 0.745. The molecule has 7 nitrogen and oxygen atoms in total. The number of aromatic nitrogens is 4. The number of nitrogen functional groups attached to an aromatic ring is 1. The average molecular weight is 272 g/mol. The zero-order valence-corrected chi connectivity index (χ0v) is 11.0. The maximum absolute atomic E-state index is 9.15. The van der Waals surface area contributed by atoms with Crippen LogP contribution >= 0.6 is 0 Å². The zero-order chi connectivity index (χ0) is 13.7. The maximum atomic E-state index is 9.15. The van der Waals surface area contributed by atoms with Crippen LogP contribution in [0.25, 0.3) is 17.4 Å². The monoisotopic (exact) mass is 272 g/mol. The van der Waals surface area contributed by atoms with Crippen molar-refractivity contribution in [2.75, 3.05) is 12.3 Å². The van der Waals surface area contributed by atoms with Crippen LogP contribution in [-0.2, 0) is 0 Å². The highest BCUT2D eigenvalue weighted by atomic mass is 16.3. The van der Waals surface area contributed by atoms with Crippen LogP contribution in [0.1, 0.15) is 19.3 Å². The molecule has 4 rings (SSSR count). The minimum Gasteiger partial charge on any atom is -0.396 e. The molecule has 0 spiro atoms. The SMILES string of the molecule is Nc1nc2nc[nH]c2c(=NC2CC2)n1/C=C1\CC1CO. The largest absolute Gasteiger partial charge is 0.396 e. The molecule has 2 aromatic heterocycles. The van der Waals surface area contributed by atoms with Crippen LogP contribution in [-0.4, -0.2) is 37.3 Å². The maximum Gasteiger partial charge on any atom is 0.208 e. The van der Waals surface area contributed by atoms with Crippen LogP contribution in [0.5, 0.6) is 0 Å². The van der Waals surface area contributed by atoms with Gasteiger partial charge in [-0.1, -0.05) is 0 Å². The number of nitrogens with two attached hydrogens (primary N) is 1. The number of aliphatic hydroxyl groups is 1. The molecule has 104 valence electrons. The van der Waals surface area contributed by atoms with Crippen LogP contribution in [0.2, 0.25) is 0 Å². The Balaban J connectivity index is 1.94. The average Bonchev–Trinajstić information content (AvgIpc) is 3.34. The summed E-state index contributed by atoms with van der Waals surface area (Å²) in [6.45, 7) is 0.182. The summed E-state index contributed by atoms with van der Waals surface area (Å²) >= 11 is 0. The van der Waals surface area contributed by atoms with Gasteiger partial charge < -0.3 is 15.8 Å². The summed E-state index contributed by atoms with van der Waals surface area (Å²) in [6.07, 6.45) is 6.70. The van der Waals surface area contributed by atoms with Gasteiger partial charge in [0.1, 0.15) is 5.52 Å². The first-order valence-electron chi connectivity index (χ1n) is 6.82. The summed E-state index contributed by atoms with van der Waals surface area (Å²) in [6, 6.07) is 0.376. The van der Waals surface area contributed by atoms with Crippen LogP contribution < -0.4 is 11.2 Å². The smallest absolute Gasteiger partial charge is 0.208 e. The van der Waals surface area contributed by atoms with Crippen LogP contribution in [0.4, 0.5) is 5.95 Å². The molecule has 0 bridgehead atoms. The first-order valence-corrected chi connectivity index (χ1v) is 6.82. The molecule has 0 amide bonds. The predicted molar refractivity (Wildman–Crippen MR) is 74.3 cm³/mol. The van der Waals surface area contributed by atoms with E-state index in [4.69, 9.17) is 15.8 Å². The topological polar surface area (TPSA) is 105 Å². The van der Waals surface area contributed by atoms with Crippen LogP contribution in [0.15, 0.2) is 16.9 Å². The summed E-state index contributed by atoms with van der Waals surface area (Å²) in [5.74, 6) is 0.633. The van der Waals surface area contributed by atoms with Gasteiger partial charge in [0.05, 0.1) is 12.4 Å². The molecule has 0 aliphatic heterocycles. The minimum absolute atomic E-state index is 0.182. The Bertz CT molecular complexity index is 767. The number of rotatable bonds is 3. The number of hydrogen-bond acceptors (Lipinski definition) is 5. The van der Waals surface area contributed by atoms with Crippen molar-refractivity contribution >= 4 is 23.3 Å². The van der Waals surface area contributed by atoms with E-state index in [1.54, 1.807) is 6.33 Å². The number of imidazole rings is 1. The lowest BCUT2D eigenvalue weighted by Gasteiger charge is -2.06. The molecule has 2 fully saturated rings. The molecule has 20 heavy (non-hydrogen) atoms. The third kappa shape index (κ3) is 1.90. The van der Waals surface area contributed by atoms with E-state index in [0.717, 1.165) is 30.3 Å². The second-order valence-electron chi connectivity index (χ2n) is 5.41. The Kier molecular flexibility index (Phi) is 2.43. The third-order valence-electron chi connectivity index (χ3n) is 3.75. The van der Waals surface area contributed by atoms with Gasteiger partial charge >= 0.3 is 0 Å². The third-order valence-corrected chi connectivity index (χ3v) is 3.75. The zero-order valence-electron chi connectivity index (χ0n) is 11.0. The molecule has 1 atom stereocenters. The molecule has 7 heteroatoms. The van der Waals surface area contributed by atoms with E-state index in [9.17, 15) is 0 Å². The molecule has 0 aromatic carbocycles. The number of hydrogen-bond donors (Lipinski definition) is 3. The van der Waals surface area contributed by atoms with Crippen molar-refractivity contribution in [3.8, 4) is 0 Å². The summed E-state index contributed by atoms with van der Waals surface area (Å²) in [5, 5.41) is 9.15. The fourth-order valence-electron chi connectivity index (χ4n) is 2.29. The molecule has 2 aromatic rings. The Morgan fingerprint density at radius 3 is 3.10 bits per heavy atom. The number of nitrogens with one attached hydrogen (secondary N) is 1. The number of aliphatic hydroxyl groups excluding tert-OH is 1. The van der Waals surface area contributed by atoms with Gasteiger partial charge in [0.25, 0.3) is 0 Å². The lowest BCUT2D eigenvalue weighted by Crippen LogP contribution is -2.23. The number of H-pyrrole nitrogens is 1. The highest BCUT2D eigenvalue weighted by molar-refractivity contribution is 5.71. The Morgan fingerprint density at radius 1 is 1.55 bits per heavy atom. The van der Waals surface area contributed by atoms with Gasteiger partial charge in [-0.2, -0.15) is 4.98 Å². The second-order valence-corrected chi connectivity index (χ2v) is 5.41. The molecular weight excluding hydrogens is 256 g/mol. The Labute approximate surface area is 114 Å². The van der Waals surface area contributed by atoms with Gasteiger partial charge in [0.2, 0.25) is 5.95 Å². The summed E-state index contributed by atoms with van der Waals surface area (Å²) in [7, 11) is 0. The van der Waals surface area contributed by atoms with Gasteiger partial charge in [0.15, 0.2) is 11.1 Å². The van der Waals surface area contributed by atoms with Crippen molar-refractivity contribution in [1.29, 1.82) is 0 Å². The van der Waals surface area contributed by atoms with E-state index in [0.29, 0.717) is 17.6 Å². The summed E-state index contributed by atoms with van der Waals surface area (Å²) in [5.41, 5.74) is 9.39. The van der Waals surface area contributed by atoms with E-state index in [2.05, 4.69) is 15.0 Å². The van der Waals surface area contributed by atoms with Gasteiger partial charge in [-0.05, 0) is 24.8 Å². The van der Waals surface area contributed by atoms with Crippen LogP contribution in [0, 0.1) is 5.92 Å². The fourth-order valence-corrected chi connectivity index (χ4v) is 2.29. The van der Waals surface area contributed by atoms with E-state index in [1.165, 1.54) is 5.57 Å². The lowest BCUT2D eigenvalue weighted by molar-refractivity contribution is 0.281. The molecule has 0 saturated heterocycles. The predicted octanol–water partition coefficient (Wildman–Crippen LogP) is 0.258. The Morgan fingerprint density at radius 2 is 2.40 bits per heavy atom. The van der Waals surface area contributed by atoms with E-state index >= 15 is 0 Å². The molecule has 2 aliphatic rings. The minimum atomic E-state index is 0.182. The van der Waals surface area contributed by atoms with Gasteiger partial charge in [-0.3, -0.25) is 9.56 Å². The van der Waals surface area contributed by atoms with E-state index < -0.39 is 0 Å². The van der Waals surface area contributed by atoms with Crippen molar-refractivity contribution in [2.45, 2.75) is 25.3 Å². The molecule has 0 radical (unpaired) electrons.